The Morgan fingerprint density at radius 1 is 0.929 bits per heavy atom. The Labute approximate surface area is 165 Å². The first-order valence-corrected chi connectivity index (χ1v) is 9.56. The van der Waals surface area contributed by atoms with Gasteiger partial charge in [-0.1, -0.05) is 12.1 Å². The molecule has 144 valence electrons. The van der Waals surface area contributed by atoms with Crippen molar-refractivity contribution in [1.82, 2.24) is 5.32 Å². The lowest BCUT2D eigenvalue weighted by Crippen LogP contribution is -2.25. The molecular formula is C20H19N3O4S. The zero-order valence-electron chi connectivity index (χ0n) is 14.9. The predicted octanol–water partition coefficient (Wildman–Crippen LogP) is 3.74. The van der Waals surface area contributed by atoms with Gasteiger partial charge in [0.2, 0.25) is 5.91 Å². The molecule has 0 spiro atoms. The number of rotatable bonds is 8. The van der Waals surface area contributed by atoms with Crippen molar-refractivity contribution < 1.29 is 18.8 Å². The van der Waals surface area contributed by atoms with Gasteiger partial charge in [0.1, 0.15) is 0 Å². The Kier molecular flexibility index (Phi) is 6.59. The van der Waals surface area contributed by atoms with Gasteiger partial charge in [-0.2, -0.15) is 0 Å². The molecule has 28 heavy (non-hydrogen) atoms. The molecule has 1 aromatic carbocycles. The molecule has 0 aliphatic rings. The fourth-order valence-corrected chi connectivity index (χ4v) is 3.06. The first-order valence-electron chi connectivity index (χ1n) is 8.68. The molecule has 2 aromatic heterocycles. The highest BCUT2D eigenvalue weighted by Gasteiger charge is 2.09. The number of hydrogen-bond acceptors (Lipinski definition) is 5. The summed E-state index contributed by atoms with van der Waals surface area (Å²) in [5, 5.41) is 10.1. The van der Waals surface area contributed by atoms with E-state index in [4.69, 9.17) is 4.42 Å². The van der Waals surface area contributed by atoms with E-state index < -0.39 is 0 Å². The second-order valence-corrected chi connectivity index (χ2v) is 6.84. The van der Waals surface area contributed by atoms with Gasteiger partial charge in [-0.3, -0.25) is 14.4 Å². The van der Waals surface area contributed by atoms with Gasteiger partial charge < -0.3 is 20.4 Å². The number of furan rings is 1. The molecule has 8 heteroatoms. The number of nitrogens with one attached hydrogen (secondary N) is 3. The number of carbonyl (C=O) groups is 3. The number of thiophene rings is 1. The molecule has 3 N–H and O–H groups in total. The topological polar surface area (TPSA) is 100 Å². The largest absolute Gasteiger partial charge is 0.459 e. The summed E-state index contributed by atoms with van der Waals surface area (Å²) < 4.78 is 4.99. The van der Waals surface area contributed by atoms with Crippen molar-refractivity contribution in [3.05, 3.63) is 70.8 Å². The molecule has 3 amide bonds. The van der Waals surface area contributed by atoms with E-state index in [0.717, 1.165) is 0 Å². The van der Waals surface area contributed by atoms with Gasteiger partial charge in [0, 0.05) is 24.3 Å². The van der Waals surface area contributed by atoms with Crippen LogP contribution >= 0.6 is 11.3 Å². The lowest BCUT2D eigenvalue weighted by molar-refractivity contribution is -0.116. The number of benzene rings is 1. The molecule has 7 nitrogen and oxygen atoms in total. The van der Waals surface area contributed by atoms with Crippen LogP contribution in [0.25, 0.3) is 0 Å². The quantitative estimate of drug-likeness (QED) is 0.504. The van der Waals surface area contributed by atoms with Crippen LogP contribution in [0.4, 0.5) is 11.4 Å². The van der Waals surface area contributed by atoms with Crippen LogP contribution in [0.15, 0.2) is 64.6 Å². The van der Waals surface area contributed by atoms with E-state index in [-0.39, 0.29) is 29.9 Å². The molecule has 0 radical (unpaired) electrons. The van der Waals surface area contributed by atoms with Crippen molar-refractivity contribution in [1.29, 1.82) is 0 Å². The fourth-order valence-electron chi connectivity index (χ4n) is 2.44. The molecule has 0 unspecified atom stereocenters. The molecule has 0 bridgehead atoms. The predicted molar refractivity (Wildman–Crippen MR) is 108 cm³/mol. The summed E-state index contributed by atoms with van der Waals surface area (Å²) in [5.74, 6) is -0.426. The molecule has 0 saturated carbocycles. The molecule has 2 heterocycles. The summed E-state index contributed by atoms with van der Waals surface area (Å²) in [4.78, 5) is 36.5. The zero-order valence-corrected chi connectivity index (χ0v) is 15.8. The number of amides is 3. The molecule has 0 aliphatic carbocycles. The maximum absolute atomic E-state index is 12.1. The third-order valence-electron chi connectivity index (χ3n) is 3.76. The standard InChI is InChI=1S/C20H19N3O4S/c24-18(9-2-10-21-19(25)16-7-3-11-27-16)22-14-5-1-6-15(13-14)23-20(26)17-8-4-12-28-17/h1,3-8,11-13H,2,9-10H2,(H,21,25)(H,22,24)(H,23,26). The third-order valence-corrected chi connectivity index (χ3v) is 4.63. The highest BCUT2D eigenvalue weighted by atomic mass is 32.1. The second-order valence-electron chi connectivity index (χ2n) is 5.90. The van der Waals surface area contributed by atoms with Crippen molar-refractivity contribution in [3.8, 4) is 0 Å². The van der Waals surface area contributed by atoms with Crippen molar-refractivity contribution >= 4 is 40.4 Å². The van der Waals surface area contributed by atoms with E-state index in [0.29, 0.717) is 29.2 Å². The molecule has 3 aromatic rings. The van der Waals surface area contributed by atoms with Crippen LogP contribution in [0.1, 0.15) is 33.1 Å². The minimum Gasteiger partial charge on any atom is -0.459 e. The minimum absolute atomic E-state index is 0.172. The highest BCUT2D eigenvalue weighted by molar-refractivity contribution is 7.12. The average molecular weight is 397 g/mol. The highest BCUT2D eigenvalue weighted by Crippen LogP contribution is 2.18. The van der Waals surface area contributed by atoms with Gasteiger partial charge in [-0.05, 0) is 48.2 Å². The van der Waals surface area contributed by atoms with E-state index in [1.54, 1.807) is 42.5 Å². The van der Waals surface area contributed by atoms with Gasteiger partial charge in [0.15, 0.2) is 5.76 Å². The summed E-state index contributed by atoms with van der Waals surface area (Å²) >= 11 is 1.36. The Morgan fingerprint density at radius 2 is 1.75 bits per heavy atom. The van der Waals surface area contributed by atoms with Crippen LogP contribution in [0, 0.1) is 0 Å². The van der Waals surface area contributed by atoms with Crippen molar-refractivity contribution in [2.75, 3.05) is 17.2 Å². The van der Waals surface area contributed by atoms with Crippen LogP contribution in [0.3, 0.4) is 0 Å². The van der Waals surface area contributed by atoms with E-state index in [1.165, 1.54) is 17.6 Å². The smallest absolute Gasteiger partial charge is 0.286 e. The van der Waals surface area contributed by atoms with Crippen molar-refractivity contribution in [2.24, 2.45) is 0 Å². The van der Waals surface area contributed by atoms with E-state index >= 15 is 0 Å². The molecule has 3 rings (SSSR count). The lowest BCUT2D eigenvalue weighted by atomic mass is 10.2. The van der Waals surface area contributed by atoms with Crippen LogP contribution < -0.4 is 16.0 Å². The number of carbonyl (C=O) groups excluding carboxylic acids is 3. The Morgan fingerprint density at radius 3 is 2.46 bits per heavy atom. The third kappa shape index (κ3) is 5.55. The maximum Gasteiger partial charge on any atom is 0.286 e. The first-order chi connectivity index (χ1) is 13.6. The van der Waals surface area contributed by atoms with E-state index in [1.807, 2.05) is 11.4 Å². The fraction of sp³-hybridized carbons (Fsp3) is 0.150. The molecule has 0 saturated heterocycles. The van der Waals surface area contributed by atoms with Crippen LogP contribution in [0.2, 0.25) is 0 Å². The van der Waals surface area contributed by atoms with Crippen LogP contribution in [-0.2, 0) is 4.79 Å². The Hall–Kier alpha value is -3.39. The van der Waals surface area contributed by atoms with Gasteiger partial charge >= 0.3 is 0 Å². The van der Waals surface area contributed by atoms with Gasteiger partial charge in [-0.25, -0.2) is 0 Å². The van der Waals surface area contributed by atoms with Gasteiger partial charge in [-0.15, -0.1) is 11.3 Å². The van der Waals surface area contributed by atoms with Gasteiger partial charge in [0.25, 0.3) is 11.8 Å². The van der Waals surface area contributed by atoms with E-state index in [9.17, 15) is 14.4 Å². The minimum atomic E-state index is -0.306. The van der Waals surface area contributed by atoms with Crippen molar-refractivity contribution in [3.63, 3.8) is 0 Å². The summed E-state index contributed by atoms with van der Waals surface area (Å²) in [5.41, 5.74) is 1.19. The zero-order chi connectivity index (χ0) is 19.8. The Balaban J connectivity index is 1.42. The molecular weight excluding hydrogens is 378 g/mol. The van der Waals surface area contributed by atoms with E-state index in [2.05, 4.69) is 16.0 Å². The molecule has 0 atom stereocenters. The van der Waals surface area contributed by atoms with Crippen molar-refractivity contribution in [2.45, 2.75) is 12.8 Å². The van der Waals surface area contributed by atoms with Gasteiger partial charge in [0.05, 0.1) is 11.1 Å². The maximum atomic E-state index is 12.1. The summed E-state index contributed by atoms with van der Waals surface area (Å²) in [6.07, 6.45) is 2.18. The SMILES string of the molecule is O=C(CCCNC(=O)c1ccco1)Nc1cccc(NC(=O)c2cccs2)c1. The molecule has 0 aliphatic heterocycles. The van der Waals surface area contributed by atoms with Crippen LogP contribution in [-0.4, -0.2) is 24.3 Å². The number of hydrogen-bond donors (Lipinski definition) is 3. The summed E-state index contributed by atoms with van der Waals surface area (Å²) in [6.45, 7) is 0.365. The summed E-state index contributed by atoms with van der Waals surface area (Å²) in [7, 11) is 0. The Bertz CT molecular complexity index is 936. The number of anilines is 2. The average Bonchev–Trinajstić information content (AvgIpc) is 3.39. The first kappa shape index (κ1) is 19.4. The normalized spacial score (nSPS) is 10.3. The van der Waals surface area contributed by atoms with Crippen LogP contribution in [0.5, 0.6) is 0 Å². The summed E-state index contributed by atoms with van der Waals surface area (Å²) in [6, 6.07) is 13.7. The molecule has 0 fully saturated rings. The lowest BCUT2D eigenvalue weighted by Gasteiger charge is -2.09. The second kappa shape index (κ2) is 9.52. The monoisotopic (exact) mass is 397 g/mol.